The van der Waals surface area contributed by atoms with Gasteiger partial charge in [-0.2, -0.15) is 0 Å². The van der Waals surface area contributed by atoms with Crippen molar-refractivity contribution >= 4 is 10.8 Å². The Balaban J connectivity index is 0.000000531. The monoisotopic (exact) mass is 202 g/mol. The summed E-state index contributed by atoms with van der Waals surface area (Å²) in [6, 6.07) is 14.5. The maximum Gasteiger partial charge on any atom is 0.0471 e. The second-order valence-corrected chi connectivity index (χ2v) is 3.11. The molecule has 0 heterocycles. The fraction of sp³-hybridized carbons (Fsp3) is 0.286. The Morgan fingerprint density at radius 1 is 0.933 bits per heavy atom. The molecule has 1 N–H and O–H groups in total. The van der Waals surface area contributed by atoms with Crippen LogP contribution in [0.5, 0.6) is 0 Å². The minimum absolute atomic E-state index is 0.216. The van der Waals surface area contributed by atoms with Crippen LogP contribution in [0.25, 0.3) is 10.8 Å². The molecule has 0 bridgehead atoms. The molecule has 0 aliphatic rings. The highest BCUT2D eigenvalue weighted by molar-refractivity contribution is 5.85. The average Bonchev–Trinajstić information content (AvgIpc) is 2.33. The van der Waals surface area contributed by atoms with E-state index < -0.39 is 0 Å². The molecule has 0 aliphatic carbocycles. The third kappa shape index (κ3) is 2.80. The van der Waals surface area contributed by atoms with Crippen molar-refractivity contribution in [3.63, 3.8) is 0 Å². The first-order valence-corrected chi connectivity index (χ1v) is 5.49. The van der Waals surface area contributed by atoms with E-state index in [2.05, 4.69) is 24.3 Å². The minimum Gasteiger partial charge on any atom is -0.396 e. The van der Waals surface area contributed by atoms with Crippen molar-refractivity contribution in [2.75, 3.05) is 6.61 Å². The number of rotatable bonds is 2. The number of fused-ring (bicyclic) bond motifs is 1. The molecule has 2 rings (SSSR count). The van der Waals surface area contributed by atoms with Crippen LogP contribution in [0.1, 0.15) is 19.4 Å². The molecular weight excluding hydrogens is 184 g/mol. The molecule has 0 atom stereocenters. The summed E-state index contributed by atoms with van der Waals surface area (Å²) in [5, 5.41) is 11.4. The molecule has 0 saturated carbocycles. The Bertz CT molecular complexity index is 402. The van der Waals surface area contributed by atoms with E-state index in [1.165, 1.54) is 16.3 Å². The topological polar surface area (TPSA) is 20.2 Å². The molecule has 0 spiro atoms. The Kier molecular flexibility index (Phi) is 4.85. The van der Waals surface area contributed by atoms with E-state index in [9.17, 15) is 0 Å². The summed E-state index contributed by atoms with van der Waals surface area (Å²) < 4.78 is 0. The molecule has 0 fully saturated rings. The molecule has 0 saturated heterocycles. The standard InChI is InChI=1S/C12H12O.C2H6/c13-9-8-11-6-3-5-10-4-1-2-7-12(10)11;1-2/h1-7,13H,8-9H2;1-2H3. The lowest BCUT2D eigenvalue weighted by Crippen LogP contribution is -1.91. The van der Waals surface area contributed by atoms with E-state index in [-0.39, 0.29) is 6.61 Å². The largest absolute Gasteiger partial charge is 0.396 e. The Hall–Kier alpha value is -1.34. The molecule has 2 aromatic rings. The minimum atomic E-state index is 0.216. The third-order valence-corrected chi connectivity index (χ3v) is 2.26. The molecular formula is C14H18O. The number of hydrogen-bond donors (Lipinski definition) is 1. The van der Waals surface area contributed by atoms with Gasteiger partial charge in [-0.15, -0.1) is 0 Å². The van der Waals surface area contributed by atoms with E-state index >= 15 is 0 Å². The first-order chi connectivity index (χ1) is 7.42. The summed E-state index contributed by atoms with van der Waals surface area (Å²) in [6.45, 7) is 4.22. The predicted octanol–water partition coefficient (Wildman–Crippen LogP) is 3.40. The third-order valence-electron chi connectivity index (χ3n) is 2.26. The highest BCUT2D eigenvalue weighted by atomic mass is 16.2. The SMILES string of the molecule is CC.OCCc1cccc2ccccc12. The van der Waals surface area contributed by atoms with Crippen molar-refractivity contribution in [1.29, 1.82) is 0 Å². The van der Waals surface area contributed by atoms with Crippen molar-refractivity contribution in [3.05, 3.63) is 48.0 Å². The summed E-state index contributed by atoms with van der Waals surface area (Å²) >= 11 is 0. The van der Waals surface area contributed by atoms with Gasteiger partial charge in [0.15, 0.2) is 0 Å². The van der Waals surface area contributed by atoms with Gasteiger partial charge in [-0.1, -0.05) is 56.3 Å². The van der Waals surface area contributed by atoms with Crippen molar-refractivity contribution in [3.8, 4) is 0 Å². The fourth-order valence-corrected chi connectivity index (χ4v) is 1.63. The van der Waals surface area contributed by atoms with Crippen LogP contribution in [0.4, 0.5) is 0 Å². The van der Waals surface area contributed by atoms with E-state index in [0.717, 1.165) is 6.42 Å². The van der Waals surface area contributed by atoms with Gasteiger partial charge in [-0.25, -0.2) is 0 Å². The molecule has 80 valence electrons. The van der Waals surface area contributed by atoms with Crippen LogP contribution >= 0.6 is 0 Å². The van der Waals surface area contributed by atoms with Gasteiger partial charge in [0.2, 0.25) is 0 Å². The average molecular weight is 202 g/mol. The number of benzene rings is 2. The number of hydrogen-bond acceptors (Lipinski definition) is 1. The van der Waals surface area contributed by atoms with Gasteiger partial charge in [0, 0.05) is 6.61 Å². The van der Waals surface area contributed by atoms with Gasteiger partial charge in [0.05, 0.1) is 0 Å². The van der Waals surface area contributed by atoms with Gasteiger partial charge in [0.25, 0.3) is 0 Å². The van der Waals surface area contributed by atoms with Crippen LogP contribution in [0.15, 0.2) is 42.5 Å². The van der Waals surface area contributed by atoms with Crippen LogP contribution in [0.2, 0.25) is 0 Å². The molecule has 15 heavy (non-hydrogen) atoms. The lowest BCUT2D eigenvalue weighted by molar-refractivity contribution is 0.300. The molecule has 2 aromatic carbocycles. The maximum absolute atomic E-state index is 8.88. The lowest BCUT2D eigenvalue weighted by Gasteiger charge is -2.03. The maximum atomic E-state index is 8.88. The Morgan fingerprint density at radius 3 is 2.33 bits per heavy atom. The van der Waals surface area contributed by atoms with Crippen LogP contribution in [-0.4, -0.2) is 11.7 Å². The Morgan fingerprint density at radius 2 is 1.60 bits per heavy atom. The van der Waals surface area contributed by atoms with Crippen molar-refractivity contribution in [2.24, 2.45) is 0 Å². The molecule has 0 unspecified atom stereocenters. The zero-order valence-electron chi connectivity index (χ0n) is 9.40. The second kappa shape index (κ2) is 6.20. The van der Waals surface area contributed by atoms with Crippen LogP contribution in [0, 0.1) is 0 Å². The van der Waals surface area contributed by atoms with Crippen LogP contribution in [0.3, 0.4) is 0 Å². The summed E-state index contributed by atoms with van der Waals surface area (Å²) in [5.41, 5.74) is 1.22. The summed E-state index contributed by atoms with van der Waals surface area (Å²) in [5.74, 6) is 0. The smallest absolute Gasteiger partial charge is 0.0471 e. The van der Waals surface area contributed by atoms with E-state index in [4.69, 9.17) is 5.11 Å². The first kappa shape index (κ1) is 11.7. The second-order valence-electron chi connectivity index (χ2n) is 3.11. The van der Waals surface area contributed by atoms with Gasteiger partial charge in [-0.05, 0) is 22.8 Å². The molecule has 1 heteroatoms. The zero-order valence-corrected chi connectivity index (χ0v) is 9.40. The number of aliphatic hydroxyl groups is 1. The fourth-order valence-electron chi connectivity index (χ4n) is 1.63. The van der Waals surface area contributed by atoms with Gasteiger partial charge >= 0.3 is 0 Å². The van der Waals surface area contributed by atoms with E-state index in [0.29, 0.717) is 0 Å². The Labute approximate surface area is 91.4 Å². The molecule has 0 aliphatic heterocycles. The molecule has 0 amide bonds. The van der Waals surface area contributed by atoms with Gasteiger partial charge in [-0.3, -0.25) is 0 Å². The van der Waals surface area contributed by atoms with E-state index in [1.807, 2.05) is 32.0 Å². The number of aliphatic hydroxyl groups excluding tert-OH is 1. The summed E-state index contributed by atoms with van der Waals surface area (Å²) in [7, 11) is 0. The molecule has 0 radical (unpaired) electrons. The highest BCUT2D eigenvalue weighted by Crippen LogP contribution is 2.18. The molecule has 1 nitrogen and oxygen atoms in total. The molecule has 0 aromatic heterocycles. The van der Waals surface area contributed by atoms with Crippen molar-refractivity contribution in [2.45, 2.75) is 20.3 Å². The summed E-state index contributed by atoms with van der Waals surface area (Å²) in [4.78, 5) is 0. The van der Waals surface area contributed by atoms with Gasteiger partial charge in [0.1, 0.15) is 0 Å². The highest BCUT2D eigenvalue weighted by Gasteiger charge is 1.97. The predicted molar refractivity (Wildman–Crippen MR) is 66.1 cm³/mol. The normalized spacial score (nSPS) is 9.53. The summed E-state index contributed by atoms with van der Waals surface area (Å²) in [6.07, 6.45) is 0.737. The lowest BCUT2D eigenvalue weighted by atomic mass is 10.0. The zero-order chi connectivity index (χ0) is 11.1. The quantitative estimate of drug-likeness (QED) is 0.791. The van der Waals surface area contributed by atoms with Crippen LogP contribution < -0.4 is 0 Å². The van der Waals surface area contributed by atoms with Crippen molar-refractivity contribution < 1.29 is 5.11 Å². The first-order valence-electron chi connectivity index (χ1n) is 5.49. The van der Waals surface area contributed by atoms with Crippen molar-refractivity contribution in [1.82, 2.24) is 0 Å². The van der Waals surface area contributed by atoms with Gasteiger partial charge < -0.3 is 5.11 Å². The van der Waals surface area contributed by atoms with Crippen LogP contribution in [-0.2, 0) is 6.42 Å². The van der Waals surface area contributed by atoms with E-state index in [1.54, 1.807) is 0 Å².